The molecule has 1 rings (SSSR count). The molecule has 0 bridgehead atoms. The minimum absolute atomic E-state index is 0.985. The fraction of sp³-hybridized carbons (Fsp3) is 0.200. The average molecular weight is 187 g/mol. The summed E-state index contributed by atoms with van der Waals surface area (Å²) in [6, 6.07) is 0. The van der Waals surface area contributed by atoms with Crippen LogP contribution in [0.4, 0.5) is 0 Å². The van der Waals surface area contributed by atoms with Gasteiger partial charge in [-0.1, -0.05) is 0 Å². The van der Waals surface area contributed by atoms with Gasteiger partial charge in [0.1, 0.15) is 0 Å². The summed E-state index contributed by atoms with van der Waals surface area (Å²) < 4.78 is 1.98. The molecule has 0 fully saturated rings. The normalized spacial score (nSPS) is 18.3. The van der Waals surface area contributed by atoms with Crippen LogP contribution in [0.15, 0.2) is 24.4 Å². The third kappa shape index (κ3) is 1.46. The predicted molar refractivity (Wildman–Crippen MR) is 25.0 cm³/mol. The molecule has 0 atom stereocenters. The minimum atomic E-state index is 0.985. The van der Waals surface area contributed by atoms with E-state index < -0.39 is 0 Å². The summed E-state index contributed by atoms with van der Waals surface area (Å²) in [6.07, 6.45) is 8.10. The van der Waals surface area contributed by atoms with Crippen molar-refractivity contribution in [3.05, 3.63) is 24.4 Å². The summed E-state index contributed by atoms with van der Waals surface area (Å²) in [5.41, 5.74) is 0. The van der Waals surface area contributed by atoms with E-state index in [1.165, 1.54) is 0 Å². The molecule has 0 saturated carbocycles. The van der Waals surface area contributed by atoms with Gasteiger partial charge in [-0.25, -0.2) is 0 Å². The molecule has 1 aliphatic rings. The molecule has 0 spiro atoms. The number of nitrogens with zero attached hydrogens (tertiary/aromatic N) is 1. The topological polar surface area (TPSA) is 3.24 Å². The maximum absolute atomic E-state index is 3.04. The van der Waals surface area contributed by atoms with Gasteiger partial charge in [0.2, 0.25) is 0 Å². The van der Waals surface area contributed by atoms with Gasteiger partial charge in [-0.15, -0.1) is 0 Å². The number of rotatable bonds is 0. The molecule has 0 N–H and O–H groups in total. The Kier molecular flexibility index (Phi) is 1.67. The van der Waals surface area contributed by atoms with Crippen molar-refractivity contribution in [3.63, 3.8) is 0 Å². The molecule has 1 heterocycles. The molecule has 1 aliphatic heterocycles. The van der Waals surface area contributed by atoms with E-state index in [1.54, 1.807) is 0 Å². The van der Waals surface area contributed by atoms with Gasteiger partial charge in [0.25, 0.3) is 0 Å². The summed E-state index contributed by atoms with van der Waals surface area (Å²) in [6.45, 7) is 0.985. The molecular formula is C5H6NPd. The number of hydrogen-bond donors (Lipinski definition) is 0. The average Bonchev–Trinajstić information content (AvgIpc) is 1.69. The Labute approximate surface area is 54.4 Å². The zero-order valence-corrected chi connectivity index (χ0v) is 5.33. The van der Waals surface area contributed by atoms with E-state index in [0.717, 1.165) is 6.54 Å². The van der Waals surface area contributed by atoms with Crippen LogP contribution in [-0.2, 0) is 19.4 Å². The number of allylic oxidation sites excluding steroid dienone is 2. The molecule has 1 nitrogen and oxygen atoms in total. The third-order valence-corrected chi connectivity index (χ3v) is 1.27. The van der Waals surface area contributed by atoms with E-state index in [1.807, 2.05) is 21.9 Å². The second-order valence-electron chi connectivity index (χ2n) is 1.32. The van der Waals surface area contributed by atoms with Gasteiger partial charge in [-0.2, -0.15) is 0 Å². The van der Waals surface area contributed by atoms with Crippen LogP contribution >= 0.6 is 0 Å². The van der Waals surface area contributed by atoms with Gasteiger partial charge in [0.15, 0.2) is 0 Å². The summed E-state index contributed by atoms with van der Waals surface area (Å²) in [5, 5.41) is 0. The molecule has 0 unspecified atom stereocenters. The molecule has 2 heteroatoms. The quantitative estimate of drug-likeness (QED) is 0.507. The first kappa shape index (κ1) is 5.09. The molecule has 0 aromatic heterocycles. The molecule has 0 amide bonds. The van der Waals surface area contributed by atoms with Crippen molar-refractivity contribution in [1.29, 1.82) is 0 Å². The second kappa shape index (κ2) is 2.30. The van der Waals surface area contributed by atoms with Crippen LogP contribution in [0.5, 0.6) is 0 Å². The van der Waals surface area contributed by atoms with Crippen LogP contribution in [-0.4, -0.2) is 10.1 Å². The van der Waals surface area contributed by atoms with Crippen molar-refractivity contribution < 1.29 is 19.4 Å². The van der Waals surface area contributed by atoms with Gasteiger partial charge in [-0.3, -0.25) is 0 Å². The molecule has 0 saturated heterocycles. The Bertz CT molecular complexity index is 107. The predicted octanol–water partition coefficient (Wildman–Crippen LogP) is 0.834. The van der Waals surface area contributed by atoms with Gasteiger partial charge in [0.05, 0.1) is 0 Å². The molecule has 0 aliphatic carbocycles. The van der Waals surface area contributed by atoms with Crippen molar-refractivity contribution in [2.75, 3.05) is 6.54 Å². The fourth-order valence-electron chi connectivity index (χ4n) is 0.432. The van der Waals surface area contributed by atoms with E-state index in [9.17, 15) is 0 Å². The van der Waals surface area contributed by atoms with Crippen molar-refractivity contribution in [2.24, 2.45) is 0 Å². The SMILES string of the molecule is [Pd][N]1C=CC=CC1. The summed E-state index contributed by atoms with van der Waals surface area (Å²) >= 11 is 3.04. The van der Waals surface area contributed by atoms with E-state index in [0.29, 0.717) is 0 Å². The van der Waals surface area contributed by atoms with Gasteiger partial charge < -0.3 is 0 Å². The zero-order chi connectivity index (χ0) is 5.11. The fourth-order valence-corrected chi connectivity index (χ4v) is 0.730. The van der Waals surface area contributed by atoms with E-state index in [4.69, 9.17) is 0 Å². The van der Waals surface area contributed by atoms with Crippen LogP contribution in [0.2, 0.25) is 0 Å². The van der Waals surface area contributed by atoms with Crippen LogP contribution in [0.1, 0.15) is 0 Å². The monoisotopic (exact) mass is 186 g/mol. The molecule has 0 aromatic carbocycles. The van der Waals surface area contributed by atoms with E-state index >= 15 is 0 Å². The first-order chi connectivity index (χ1) is 3.39. The van der Waals surface area contributed by atoms with Crippen LogP contribution in [0.3, 0.4) is 0 Å². The first-order valence-electron chi connectivity index (χ1n) is 2.12. The number of hydrogen-bond acceptors (Lipinski definition) is 1. The molecule has 0 radical (unpaired) electrons. The Hall–Kier alpha value is -0.0577. The van der Waals surface area contributed by atoms with Crippen LogP contribution < -0.4 is 0 Å². The van der Waals surface area contributed by atoms with Crippen molar-refractivity contribution >= 4 is 0 Å². The summed E-state index contributed by atoms with van der Waals surface area (Å²) in [7, 11) is 0. The van der Waals surface area contributed by atoms with Gasteiger partial charge in [0, 0.05) is 0 Å². The molecule has 7 heavy (non-hydrogen) atoms. The molecular weight excluding hydrogens is 180 g/mol. The van der Waals surface area contributed by atoms with E-state index in [-0.39, 0.29) is 0 Å². The van der Waals surface area contributed by atoms with Crippen LogP contribution in [0.25, 0.3) is 0 Å². The van der Waals surface area contributed by atoms with Crippen LogP contribution in [0, 0.1) is 0 Å². The Morgan fingerprint density at radius 3 is 2.57 bits per heavy atom. The first-order valence-corrected chi connectivity index (χ1v) is 2.82. The van der Waals surface area contributed by atoms with E-state index in [2.05, 4.69) is 25.5 Å². The summed E-state index contributed by atoms with van der Waals surface area (Å²) in [4.78, 5) is 0. The summed E-state index contributed by atoms with van der Waals surface area (Å²) in [5.74, 6) is 0. The maximum atomic E-state index is 3.04. The van der Waals surface area contributed by atoms with Crippen molar-refractivity contribution in [3.8, 4) is 0 Å². The van der Waals surface area contributed by atoms with Crippen molar-refractivity contribution in [1.82, 2.24) is 3.53 Å². The Morgan fingerprint density at radius 1 is 1.43 bits per heavy atom. The van der Waals surface area contributed by atoms with Crippen molar-refractivity contribution in [2.45, 2.75) is 0 Å². The Morgan fingerprint density at radius 2 is 2.29 bits per heavy atom. The standard InChI is InChI=1S/C5H6N.Pd/c1-2-4-6-5-3-1;/h1-4H,5H2;/q-1;+1. The Balaban J connectivity index is 2.49. The third-order valence-electron chi connectivity index (χ3n) is 0.754. The molecule has 0 aromatic rings. The van der Waals surface area contributed by atoms with Gasteiger partial charge in [-0.05, 0) is 0 Å². The second-order valence-corrected chi connectivity index (χ2v) is 2.21. The zero-order valence-electron chi connectivity index (χ0n) is 3.78. The van der Waals surface area contributed by atoms with Gasteiger partial charge >= 0.3 is 54.0 Å². The molecule has 41 valence electrons.